The van der Waals surface area contributed by atoms with Crippen LogP contribution in [0.1, 0.15) is 13.8 Å². The van der Waals surface area contributed by atoms with Crippen LogP contribution in [0.15, 0.2) is 24.3 Å². The molecule has 1 aliphatic heterocycles. The fourth-order valence-electron chi connectivity index (χ4n) is 1.38. The smallest absolute Gasteiger partial charge is 0.235 e. The molecule has 0 bridgehead atoms. The molecule has 1 heterocycles. The van der Waals surface area contributed by atoms with Crippen LogP contribution in [0, 0.1) is 11.6 Å². The van der Waals surface area contributed by atoms with E-state index in [9.17, 15) is 22.6 Å². The van der Waals surface area contributed by atoms with Gasteiger partial charge in [-0.1, -0.05) is 19.9 Å². The first-order valence-electron chi connectivity index (χ1n) is 6.95. The molecule has 23 heavy (non-hydrogen) atoms. The Bertz CT molecular complexity index is 469. The van der Waals surface area contributed by atoms with Crippen LogP contribution in [0.4, 0.5) is 8.78 Å². The SMILES string of the molecule is CC.CO.Fc1cccc(F)c1.O=CCN1CCS(=O)CC1=O. The van der Waals surface area contributed by atoms with Gasteiger partial charge in [-0.2, -0.15) is 0 Å². The summed E-state index contributed by atoms with van der Waals surface area (Å²) in [5.41, 5.74) is 0. The summed E-state index contributed by atoms with van der Waals surface area (Å²) in [4.78, 5) is 22.4. The molecular weight excluding hydrogens is 328 g/mol. The van der Waals surface area contributed by atoms with Crippen molar-refractivity contribution < 1.29 is 27.7 Å². The van der Waals surface area contributed by atoms with Crippen LogP contribution in [-0.4, -0.2) is 58.1 Å². The maximum absolute atomic E-state index is 11.9. The largest absolute Gasteiger partial charge is 0.400 e. The number of rotatable bonds is 2. The van der Waals surface area contributed by atoms with Crippen molar-refractivity contribution in [3.63, 3.8) is 0 Å². The Balaban J connectivity index is 0. The van der Waals surface area contributed by atoms with E-state index < -0.39 is 22.4 Å². The summed E-state index contributed by atoms with van der Waals surface area (Å²) in [6.07, 6.45) is 0.687. The lowest BCUT2D eigenvalue weighted by atomic mass is 10.3. The van der Waals surface area contributed by atoms with Crippen molar-refractivity contribution in [3.05, 3.63) is 35.9 Å². The maximum Gasteiger partial charge on any atom is 0.235 e. The van der Waals surface area contributed by atoms with Gasteiger partial charge >= 0.3 is 0 Å². The van der Waals surface area contributed by atoms with Crippen molar-refractivity contribution in [3.8, 4) is 0 Å². The van der Waals surface area contributed by atoms with Crippen LogP contribution in [0.5, 0.6) is 0 Å². The Morgan fingerprint density at radius 2 is 1.78 bits per heavy atom. The predicted octanol–water partition coefficient (Wildman–Crippen LogP) is 1.38. The lowest BCUT2D eigenvalue weighted by Gasteiger charge is -2.23. The molecule has 1 aromatic rings. The lowest BCUT2D eigenvalue weighted by molar-refractivity contribution is -0.130. The first-order valence-corrected chi connectivity index (χ1v) is 8.44. The summed E-state index contributed by atoms with van der Waals surface area (Å²) in [5.74, 6) is -0.676. The van der Waals surface area contributed by atoms with Gasteiger partial charge in [0.2, 0.25) is 5.91 Å². The summed E-state index contributed by atoms with van der Waals surface area (Å²) in [5, 5.41) is 7.00. The minimum Gasteiger partial charge on any atom is -0.400 e. The fourth-order valence-corrected chi connectivity index (χ4v) is 2.41. The van der Waals surface area contributed by atoms with E-state index in [0.29, 0.717) is 18.6 Å². The number of aldehydes is 1. The quantitative estimate of drug-likeness (QED) is 0.817. The van der Waals surface area contributed by atoms with Crippen LogP contribution in [0.3, 0.4) is 0 Å². The van der Waals surface area contributed by atoms with Crippen molar-refractivity contribution in [2.24, 2.45) is 0 Å². The highest BCUT2D eigenvalue weighted by atomic mass is 32.2. The third kappa shape index (κ3) is 11.5. The number of aliphatic hydroxyl groups is 1. The van der Waals surface area contributed by atoms with Crippen molar-refractivity contribution in [2.75, 3.05) is 31.7 Å². The molecule has 0 saturated carbocycles. The van der Waals surface area contributed by atoms with Crippen LogP contribution in [-0.2, 0) is 20.4 Å². The van der Waals surface area contributed by atoms with Gasteiger partial charge in [0, 0.05) is 36.3 Å². The molecule has 0 spiro atoms. The average Bonchev–Trinajstić information content (AvgIpc) is 2.54. The number of aliphatic hydroxyl groups excluding tert-OH is 1. The molecule has 2 rings (SSSR count). The van der Waals surface area contributed by atoms with Gasteiger partial charge in [0.1, 0.15) is 23.7 Å². The first-order chi connectivity index (χ1) is 11.0. The average molecular weight is 351 g/mol. The minimum atomic E-state index is -1.00. The van der Waals surface area contributed by atoms with Gasteiger partial charge in [-0.05, 0) is 12.1 Å². The number of amides is 1. The topological polar surface area (TPSA) is 74.7 Å². The number of hydrogen-bond donors (Lipinski definition) is 1. The van der Waals surface area contributed by atoms with E-state index in [1.54, 1.807) is 0 Å². The number of nitrogens with zero attached hydrogens (tertiary/aromatic N) is 1. The lowest BCUT2D eigenvalue weighted by Crippen LogP contribution is -2.43. The fraction of sp³-hybridized carbons (Fsp3) is 0.467. The van der Waals surface area contributed by atoms with Crippen LogP contribution in [0.25, 0.3) is 0 Å². The van der Waals surface area contributed by atoms with E-state index in [2.05, 4.69) is 0 Å². The molecule has 1 saturated heterocycles. The van der Waals surface area contributed by atoms with Crippen molar-refractivity contribution in [1.82, 2.24) is 4.90 Å². The zero-order chi connectivity index (χ0) is 18.3. The van der Waals surface area contributed by atoms with Gasteiger partial charge in [0.05, 0.1) is 6.54 Å². The normalized spacial score (nSPS) is 15.8. The van der Waals surface area contributed by atoms with Gasteiger partial charge in [-0.3, -0.25) is 9.00 Å². The molecular formula is C15H23F2NO4S. The first kappa shape index (κ1) is 23.6. The summed E-state index contributed by atoms with van der Waals surface area (Å²) in [6.45, 7) is 4.58. The van der Waals surface area contributed by atoms with Crippen molar-refractivity contribution in [2.45, 2.75) is 13.8 Å². The molecule has 8 heteroatoms. The molecule has 1 aliphatic rings. The molecule has 5 nitrogen and oxygen atoms in total. The third-order valence-corrected chi connectivity index (χ3v) is 3.51. The second kappa shape index (κ2) is 15.2. The molecule has 0 aliphatic carbocycles. The number of carbonyl (C=O) groups is 2. The van der Waals surface area contributed by atoms with E-state index in [1.165, 1.54) is 23.1 Å². The van der Waals surface area contributed by atoms with Crippen LogP contribution in [0.2, 0.25) is 0 Å². The van der Waals surface area contributed by atoms with E-state index >= 15 is 0 Å². The third-order valence-electron chi connectivity index (χ3n) is 2.31. The number of hydrogen-bond acceptors (Lipinski definition) is 4. The summed E-state index contributed by atoms with van der Waals surface area (Å²) >= 11 is 0. The summed E-state index contributed by atoms with van der Waals surface area (Å²) < 4.78 is 34.7. The number of carbonyl (C=O) groups excluding carboxylic acids is 2. The molecule has 1 amide bonds. The van der Waals surface area contributed by atoms with Crippen molar-refractivity contribution >= 4 is 23.0 Å². The van der Waals surface area contributed by atoms with Gasteiger partial charge in [-0.25, -0.2) is 8.78 Å². The monoisotopic (exact) mass is 351 g/mol. The van der Waals surface area contributed by atoms with Gasteiger partial charge in [0.15, 0.2) is 0 Å². The van der Waals surface area contributed by atoms with E-state index in [4.69, 9.17) is 5.11 Å². The van der Waals surface area contributed by atoms with E-state index in [0.717, 1.165) is 13.2 Å². The standard InChI is InChI=1S/C6H4F2.C6H9NO3S.C2H6.CH4O/c7-5-2-1-3-6(8)4-5;8-3-1-7-2-4-11(10)5-6(7)9;2*1-2/h1-4H;3H,1-2,4-5H2;1-2H3;2H,1H3. The van der Waals surface area contributed by atoms with E-state index in [-0.39, 0.29) is 18.2 Å². The zero-order valence-electron chi connectivity index (χ0n) is 13.5. The Kier molecular flexibility index (Phi) is 15.6. The highest BCUT2D eigenvalue weighted by Crippen LogP contribution is 2.00. The van der Waals surface area contributed by atoms with Crippen LogP contribution < -0.4 is 0 Å². The second-order valence-corrected chi connectivity index (χ2v) is 5.31. The molecule has 132 valence electrons. The number of benzene rings is 1. The zero-order valence-corrected chi connectivity index (χ0v) is 14.3. The van der Waals surface area contributed by atoms with E-state index in [1.807, 2.05) is 13.8 Å². The minimum absolute atomic E-state index is 0.0772. The molecule has 0 aromatic heterocycles. The Morgan fingerprint density at radius 3 is 2.13 bits per heavy atom. The number of halogens is 2. The second-order valence-electron chi connectivity index (χ2n) is 3.73. The molecule has 1 unspecified atom stereocenters. The van der Waals surface area contributed by atoms with Crippen LogP contribution >= 0.6 is 0 Å². The Hall–Kier alpha value is -1.67. The highest BCUT2D eigenvalue weighted by molar-refractivity contribution is 7.85. The molecule has 1 fully saturated rings. The summed E-state index contributed by atoms with van der Waals surface area (Å²) in [6, 6.07) is 4.55. The highest BCUT2D eigenvalue weighted by Gasteiger charge is 2.21. The maximum atomic E-state index is 11.9. The molecule has 1 aromatic carbocycles. The van der Waals surface area contributed by atoms with Gasteiger partial charge in [-0.15, -0.1) is 0 Å². The Labute approximate surface area is 137 Å². The van der Waals surface area contributed by atoms with Gasteiger partial charge < -0.3 is 14.8 Å². The van der Waals surface area contributed by atoms with Gasteiger partial charge in [0.25, 0.3) is 0 Å². The molecule has 1 atom stereocenters. The Morgan fingerprint density at radius 1 is 1.26 bits per heavy atom. The molecule has 0 radical (unpaired) electrons. The van der Waals surface area contributed by atoms with Crippen molar-refractivity contribution in [1.29, 1.82) is 0 Å². The summed E-state index contributed by atoms with van der Waals surface area (Å²) in [7, 11) is -0.00171. The predicted molar refractivity (Wildman–Crippen MR) is 86.4 cm³/mol. The molecule has 1 N–H and O–H groups in total.